The van der Waals surface area contributed by atoms with E-state index in [0.717, 1.165) is 47.0 Å². The third kappa shape index (κ3) is 3.91. The Bertz CT molecular complexity index is 821. The molecule has 26 heavy (non-hydrogen) atoms. The van der Waals surface area contributed by atoms with Crippen LogP contribution in [0.25, 0.3) is 5.57 Å². The summed E-state index contributed by atoms with van der Waals surface area (Å²) in [5.74, 6) is 0.982. The molecule has 0 unspecified atom stereocenters. The third-order valence-corrected chi connectivity index (χ3v) is 4.45. The maximum atomic E-state index is 7.68. The SMILES string of the molecule is CN/C=C(\C=N)c1ccc(C=N)c(Nc2ccnc(N3CCCC3)c2)c1. The number of aromatic nitrogens is 1. The molecule has 2 heterocycles. The van der Waals surface area contributed by atoms with Gasteiger partial charge >= 0.3 is 0 Å². The van der Waals surface area contributed by atoms with Crippen LogP contribution in [0.1, 0.15) is 24.0 Å². The standard InChI is InChI=1S/C20H24N6/c1-23-14-17(13-22)15-4-5-16(12-21)19(10-15)25-18-6-7-24-20(11-18)26-8-2-3-9-26/h4-7,10-14,21-23H,2-3,8-9H2,1H3,(H,24,25)/b17-14+,21-12?,22-13?. The number of benzene rings is 1. The van der Waals surface area contributed by atoms with Crippen LogP contribution in [0.5, 0.6) is 0 Å². The first-order valence-corrected chi connectivity index (χ1v) is 8.76. The molecular weight excluding hydrogens is 324 g/mol. The van der Waals surface area contributed by atoms with Gasteiger partial charge in [-0.3, -0.25) is 0 Å². The van der Waals surface area contributed by atoms with Crippen LogP contribution >= 0.6 is 0 Å². The van der Waals surface area contributed by atoms with Crippen molar-refractivity contribution in [3.8, 4) is 0 Å². The quantitative estimate of drug-likeness (QED) is 0.575. The van der Waals surface area contributed by atoms with Crippen molar-refractivity contribution < 1.29 is 0 Å². The first kappa shape index (κ1) is 17.7. The minimum Gasteiger partial charge on any atom is -0.393 e. The Kier molecular flexibility index (Phi) is 5.63. The zero-order valence-electron chi connectivity index (χ0n) is 14.9. The van der Waals surface area contributed by atoms with Crippen LogP contribution in [0.4, 0.5) is 17.2 Å². The molecule has 0 atom stereocenters. The smallest absolute Gasteiger partial charge is 0.130 e. The second kappa shape index (κ2) is 8.29. The summed E-state index contributed by atoms with van der Waals surface area (Å²) >= 11 is 0. The molecule has 0 radical (unpaired) electrons. The van der Waals surface area contributed by atoms with Gasteiger partial charge in [0.15, 0.2) is 0 Å². The van der Waals surface area contributed by atoms with Gasteiger partial charge in [-0.15, -0.1) is 0 Å². The van der Waals surface area contributed by atoms with Gasteiger partial charge in [0.05, 0.1) is 0 Å². The molecule has 0 amide bonds. The maximum Gasteiger partial charge on any atom is 0.130 e. The van der Waals surface area contributed by atoms with Crippen molar-refractivity contribution in [3.05, 3.63) is 53.9 Å². The zero-order chi connectivity index (χ0) is 18.4. The van der Waals surface area contributed by atoms with E-state index in [0.29, 0.717) is 0 Å². The molecule has 1 fully saturated rings. The van der Waals surface area contributed by atoms with Gasteiger partial charge in [0.2, 0.25) is 0 Å². The summed E-state index contributed by atoms with van der Waals surface area (Å²) < 4.78 is 0. The fourth-order valence-electron chi connectivity index (χ4n) is 3.10. The van der Waals surface area contributed by atoms with Crippen molar-refractivity contribution in [1.82, 2.24) is 10.3 Å². The van der Waals surface area contributed by atoms with Crippen molar-refractivity contribution in [2.24, 2.45) is 0 Å². The molecular formula is C20H24N6. The van der Waals surface area contributed by atoms with E-state index < -0.39 is 0 Å². The highest BCUT2D eigenvalue weighted by Crippen LogP contribution is 2.27. The average Bonchev–Trinajstić information content (AvgIpc) is 3.21. The van der Waals surface area contributed by atoms with E-state index in [1.807, 2.05) is 43.6 Å². The molecule has 1 aromatic heterocycles. The van der Waals surface area contributed by atoms with E-state index in [1.54, 1.807) is 6.20 Å². The van der Waals surface area contributed by atoms with Crippen molar-refractivity contribution in [3.63, 3.8) is 0 Å². The van der Waals surface area contributed by atoms with Gasteiger partial charge in [0, 0.05) is 73.5 Å². The number of nitrogens with one attached hydrogen (secondary N) is 4. The van der Waals surface area contributed by atoms with Crippen LogP contribution in [0.2, 0.25) is 0 Å². The molecule has 0 spiro atoms. The van der Waals surface area contributed by atoms with Gasteiger partial charge < -0.3 is 26.4 Å². The number of hydrogen-bond donors (Lipinski definition) is 4. The van der Waals surface area contributed by atoms with Gasteiger partial charge in [0.1, 0.15) is 5.82 Å². The number of allylic oxidation sites excluding steroid dienone is 1. The number of nitrogens with zero attached hydrogens (tertiary/aromatic N) is 2. The molecule has 6 nitrogen and oxygen atoms in total. The van der Waals surface area contributed by atoms with Crippen LogP contribution in [-0.4, -0.2) is 37.6 Å². The molecule has 0 saturated carbocycles. The summed E-state index contributed by atoms with van der Waals surface area (Å²) in [5, 5.41) is 21.6. The van der Waals surface area contributed by atoms with Gasteiger partial charge in [-0.05, 0) is 30.5 Å². The van der Waals surface area contributed by atoms with E-state index in [1.165, 1.54) is 25.3 Å². The fourth-order valence-corrected chi connectivity index (χ4v) is 3.10. The normalized spacial score (nSPS) is 14.2. The monoisotopic (exact) mass is 348 g/mol. The highest BCUT2D eigenvalue weighted by molar-refractivity contribution is 6.09. The van der Waals surface area contributed by atoms with Crippen LogP contribution < -0.4 is 15.5 Å². The molecule has 134 valence electrons. The summed E-state index contributed by atoms with van der Waals surface area (Å²) in [6.45, 7) is 2.10. The van der Waals surface area contributed by atoms with Crippen LogP contribution in [-0.2, 0) is 0 Å². The molecule has 1 saturated heterocycles. The van der Waals surface area contributed by atoms with Crippen LogP contribution in [0, 0.1) is 10.8 Å². The Labute approximate surface area is 154 Å². The molecule has 2 aromatic rings. The maximum absolute atomic E-state index is 7.68. The van der Waals surface area contributed by atoms with Gasteiger partial charge in [0.25, 0.3) is 0 Å². The Morgan fingerprint density at radius 1 is 1.15 bits per heavy atom. The highest BCUT2D eigenvalue weighted by Gasteiger charge is 2.14. The predicted molar refractivity (Wildman–Crippen MR) is 109 cm³/mol. The molecule has 4 N–H and O–H groups in total. The number of anilines is 3. The highest BCUT2D eigenvalue weighted by atomic mass is 15.2. The molecule has 1 aromatic carbocycles. The molecule has 1 aliphatic rings. The van der Waals surface area contributed by atoms with Crippen molar-refractivity contribution in [1.29, 1.82) is 10.8 Å². The first-order valence-electron chi connectivity index (χ1n) is 8.76. The Hall–Kier alpha value is -3.15. The summed E-state index contributed by atoms with van der Waals surface area (Å²) in [6, 6.07) is 9.75. The molecule has 6 heteroatoms. The lowest BCUT2D eigenvalue weighted by molar-refractivity contribution is 0.938. The molecule has 0 bridgehead atoms. The van der Waals surface area contributed by atoms with Crippen LogP contribution in [0.15, 0.2) is 42.7 Å². The van der Waals surface area contributed by atoms with E-state index in [4.69, 9.17) is 10.8 Å². The first-order chi connectivity index (χ1) is 12.7. The summed E-state index contributed by atoms with van der Waals surface area (Å²) in [7, 11) is 1.81. The largest absolute Gasteiger partial charge is 0.393 e. The van der Waals surface area contributed by atoms with Gasteiger partial charge in [-0.1, -0.05) is 12.1 Å². The Morgan fingerprint density at radius 2 is 1.96 bits per heavy atom. The average molecular weight is 348 g/mol. The molecule has 3 rings (SSSR count). The second-order valence-corrected chi connectivity index (χ2v) is 6.20. The number of rotatable bonds is 7. The second-order valence-electron chi connectivity index (χ2n) is 6.20. The third-order valence-electron chi connectivity index (χ3n) is 4.45. The lowest BCUT2D eigenvalue weighted by Gasteiger charge is -2.18. The number of pyridine rings is 1. The van der Waals surface area contributed by atoms with Crippen LogP contribution in [0.3, 0.4) is 0 Å². The van der Waals surface area contributed by atoms with E-state index in [-0.39, 0.29) is 0 Å². The lowest BCUT2D eigenvalue weighted by atomic mass is 10.0. The van der Waals surface area contributed by atoms with Crippen molar-refractivity contribution in [2.75, 3.05) is 30.4 Å². The summed E-state index contributed by atoms with van der Waals surface area (Å²) in [4.78, 5) is 6.78. The van der Waals surface area contributed by atoms with E-state index in [9.17, 15) is 0 Å². The Balaban J connectivity index is 1.91. The van der Waals surface area contributed by atoms with Gasteiger partial charge in [-0.25, -0.2) is 4.98 Å². The summed E-state index contributed by atoms with van der Waals surface area (Å²) in [5.41, 5.74) is 4.26. The van der Waals surface area contributed by atoms with Gasteiger partial charge in [-0.2, -0.15) is 0 Å². The molecule has 0 aliphatic carbocycles. The fraction of sp³-hybridized carbons (Fsp3) is 0.250. The molecule has 1 aliphatic heterocycles. The predicted octanol–water partition coefficient (Wildman–Crippen LogP) is 3.63. The number of hydrogen-bond acceptors (Lipinski definition) is 6. The van der Waals surface area contributed by atoms with Crippen molar-refractivity contribution >= 4 is 35.2 Å². The lowest BCUT2D eigenvalue weighted by Crippen LogP contribution is -2.18. The van der Waals surface area contributed by atoms with E-state index in [2.05, 4.69) is 20.5 Å². The minimum atomic E-state index is 0.777. The Morgan fingerprint density at radius 3 is 2.65 bits per heavy atom. The van der Waals surface area contributed by atoms with Crippen molar-refractivity contribution in [2.45, 2.75) is 12.8 Å². The minimum absolute atomic E-state index is 0.777. The topological polar surface area (TPSA) is 87.9 Å². The van der Waals surface area contributed by atoms with E-state index >= 15 is 0 Å². The zero-order valence-corrected chi connectivity index (χ0v) is 14.9. The summed E-state index contributed by atoms with van der Waals surface area (Å²) in [6.07, 6.45) is 8.67.